The molecule has 3 rings (SSSR count). The molecule has 1 aliphatic rings. The first-order valence-electron chi connectivity index (χ1n) is 8.05. The summed E-state index contributed by atoms with van der Waals surface area (Å²) in [7, 11) is 1.58. The number of nitrogens with zero attached hydrogens (tertiary/aromatic N) is 4. The number of anilines is 1. The summed E-state index contributed by atoms with van der Waals surface area (Å²) in [6.07, 6.45) is 2.00. The summed E-state index contributed by atoms with van der Waals surface area (Å²) in [5, 5.41) is 22.0. The Bertz CT molecular complexity index is 696. The molecule has 0 aromatic carbocycles. The predicted octanol–water partition coefficient (Wildman–Crippen LogP) is 0.553. The summed E-state index contributed by atoms with van der Waals surface area (Å²) in [6.45, 7) is 1.74. The van der Waals surface area contributed by atoms with E-state index in [4.69, 9.17) is 4.74 Å². The van der Waals surface area contributed by atoms with Crippen LogP contribution >= 0.6 is 11.3 Å². The first-order chi connectivity index (χ1) is 12.1. The Balaban J connectivity index is 1.48. The Morgan fingerprint density at radius 2 is 2.32 bits per heavy atom. The van der Waals surface area contributed by atoms with Gasteiger partial charge in [0.2, 0.25) is 11.0 Å². The first kappa shape index (κ1) is 17.9. The van der Waals surface area contributed by atoms with Crippen molar-refractivity contribution in [1.29, 1.82) is 0 Å². The number of rotatable bonds is 7. The monoisotopic (exact) mass is 363 g/mol. The lowest BCUT2D eigenvalue weighted by atomic mass is 10.00. The Hall–Kier alpha value is -1.94. The van der Waals surface area contributed by atoms with Crippen molar-refractivity contribution in [3.8, 4) is 0 Å². The van der Waals surface area contributed by atoms with Crippen LogP contribution in [0.1, 0.15) is 10.7 Å². The minimum absolute atomic E-state index is 0.0811. The molecule has 2 N–H and O–H groups in total. The maximum Gasteiger partial charge on any atom is 0.240 e. The van der Waals surface area contributed by atoms with Crippen LogP contribution in [0.25, 0.3) is 0 Å². The number of methoxy groups -OCH3 is 1. The molecule has 2 atom stereocenters. The lowest BCUT2D eigenvalue weighted by Gasteiger charge is -2.14. The van der Waals surface area contributed by atoms with Gasteiger partial charge >= 0.3 is 0 Å². The van der Waals surface area contributed by atoms with Gasteiger partial charge in [-0.25, -0.2) is 0 Å². The highest BCUT2D eigenvalue weighted by Gasteiger charge is 2.32. The van der Waals surface area contributed by atoms with Crippen molar-refractivity contribution in [2.45, 2.75) is 19.1 Å². The molecule has 134 valence electrons. The van der Waals surface area contributed by atoms with Crippen LogP contribution in [0, 0.1) is 5.92 Å². The zero-order chi connectivity index (χ0) is 17.6. The molecule has 25 heavy (non-hydrogen) atoms. The zero-order valence-corrected chi connectivity index (χ0v) is 14.8. The second-order valence-corrected chi connectivity index (χ2v) is 7.09. The van der Waals surface area contributed by atoms with Crippen molar-refractivity contribution >= 4 is 22.4 Å². The van der Waals surface area contributed by atoms with Crippen molar-refractivity contribution in [3.05, 3.63) is 35.1 Å². The summed E-state index contributed by atoms with van der Waals surface area (Å²) in [4.78, 5) is 18.4. The maximum absolute atomic E-state index is 12.2. The molecule has 3 heterocycles. The number of aliphatic hydroxyl groups excluding tert-OH is 1. The Morgan fingerprint density at radius 3 is 3.08 bits per heavy atom. The van der Waals surface area contributed by atoms with Gasteiger partial charge in [0.15, 0.2) is 0 Å². The van der Waals surface area contributed by atoms with E-state index in [0.29, 0.717) is 36.3 Å². The summed E-state index contributed by atoms with van der Waals surface area (Å²) >= 11 is 1.29. The van der Waals surface area contributed by atoms with Crippen LogP contribution < -0.4 is 5.32 Å². The zero-order valence-electron chi connectivity index (χ0n) is 14.0. The van der Waals surface area contributed by atoms with Gasteiger partial charge in [0.05, 0.1) is 12.6 Å². The maximum atomic E-state index is 12.2. The number of aromatic nitrogens is 3. The molecule has 0 aliphatic carbocycles. The molecule has 0 bridgehead atoms. The Morgan fingerprint density at radius 1 is 1.44 bits per heavy atom. The average molecular weight is 363 g/mol. The van der Waals surface area contributed by atoms with Crippen LogP contribution in [0.3, 0.4) is 0 Å². The highest BCUT2D eigenvalue weighted by molar-refractivity contribution is 7.15. The van der Waals surface area contributed by atoms with Crippen molar-refractivity contribution < 1.29 is 14.6 Å². The smallest absolute Gasteiger partial charge is 0.240 e. The predicted molar refractivity (Wildman–Crippen MR) is 93.1 cm³/mol. The van der Waals surface area contributed by atoms with Gasteiger partial charge in [-0.3, -0.25) is 20.0 Å². The number of amides is 1. The second kappa shape index (κ2) is 8.43. The minimum atomic E-state index is -0.454. The van der Waals surface area contributed by atoms with Crippen LogP contribution in [-0.2, 0) is 22.6 Å². The van der Waals surface area contributed by atoms with Gasteiger partial charge in [-0.15, -0.1) is 10.2 Å². The Labute approximate surface area is 149 Å². The Kier molecular flexibility index (Phi) is 6.03. The van der Waals surface area contributed by atoms with Gasteiger partial charge in [-0.05, 0) is 18.6 Å². The van der Waals surface area contributed by atoms with E-state index >= 15 is 0 Å². The molecule has 0 radical (unpaired) electrons. The van der Waals surface area contributed by atoms with Crippen molar-refractivity contribution in [2.75, 3.05) is 32.1 Å². The standard InChI is InChI=1S/C16H21N5O3S/c1-24-10-15-19-20-16(25-15)18-14(23)9-21-7-11(13(22)8-21)6-12-4-2-3-5-17-12/h2-5,11,13,22H,6-10H2,1H3,(H,18,20,23)/t11-,13-/m1/s1. The molecule has 2 aromatic rings. The molecule has 9 heteroatoms. The summed E-state index contributed by atoms with van der Waals surface area (Å²) in [6, 6.07) is 5.76. The van der Waals surface area contributed by atoms with Crippen LogP contribution in [0.4, 0.5) is 5.13 Å². The number of hydrogen-bond acceptors (Lipinski definition) is 8. The van der Waals surface area contributed by atoms with E-state index < -0.39 is 6.10 Å². The lowest BCUT2D eigenvalue weighted by molar-refractivity contribution is -0.117. The molecule has 1 amide bonds. The molecule has 1 saturated heterocycles. The highest BCUT2D eigenvalue weighted by atomic mass is 32.1. The minimum Gasteiger partial charge on any atom is -0.391 e. The van der Waals surface area contributed by atoms with Gasteiger partial charge in [-0.1, -0.05) is 17.4 Å². The SMILES string of the molecule is COCc1nnc(NC(=O)CN2C[C@@H](Cc3ccccn3)[C@H](O)C2)s1. The fourth-order valence-electron chi connectivity index (χ4n) is 2.91. The molecule has 0 unspecified atom stereocenters. The molecule has 1 fully saturated rings. The van der Waals surface area contributed by atoms with Crippen molar-refractivity contribution in [3.63, 3.8) is 0 Å². The molecule has 1 aliphatic heterocycles. The molecule has 8 nitrogen and oxygen atoms in total. The van der Waals surface area contributed by atoms with Gasteiger partial charge in [0.1, 0.15) is 11.6 Å². The molecule has 2 aromatic heterocycles. The van der Waals surface area contributed by atoms with E-state index in [2.05, 4.69) is 20.5 Å². The fraction of sp³-hybridized carbons (Fsp3) is 0.500. The third-order valence-electron chi connectivity index (χ3n) is 4.03. The van der Waals surface area contributed by atoms with Crippen molar-refractivity contribution in [2.24, 2.45) is 5.92 Å². The van der Waals surface area contributed by atoms with Gasteiger partial charge < -0.3 is 9.84 Å². The van der Waals surface area contributed by atoms with E-state index in [0.717, 1.165) is 5.69 Å². The first-order valence-corrected chi connectivity index (χ1v) is 8.87. The number of ether oxygens (including phenoxy) is 1. The summed E-state index contributed by atoms with van der Waals surface area (Å²) in [5.74, 6) is -0.0802. The number of carbonyl (C=O) groups excluding carboxylic acids is 1. The number of pyridine rings is 1. The number of nitrogens with one attached hydrogen (secondary N) is 1. The largest absolute Gasteiger partial charge is 0.391 e. The number of aliphatic hydroxyl groups is 1. The van der Waals surface area contributed by atoms with E-state index in [-0.39, 0.29) is 18.4 Å². The van der Waals surface area contributed by atoms with Gasteiger partial charge in [0.25, 0.3) is 0 Å². The van der Waals surface area contributed by atoms with E-state index in [9.17, 15) is 9.90 Å². The van der Waals surface area contributed by atoms with Crippen LogP contribution in [0.2, 0.25) is 0 Å². The van der Waals surface area contributed by atoms with E-state index in [1.54, 1.807) is 13.3 Å². The number of β-amino-alcohol motifs (C(OH)–C–C–N with tert-alkyl or cyclic N) is 1. The third-order valence-corrected chi connectivity index (χ3v) is 4.84. The summed E-state index contributed by atoms with van der Waals surface area (Å²) in [5.41, 5.74) is 0.956. The molecule has 0 saturated carbocycles. The van der Waals surface area contributed by atoms with E-state index in [1.165, 1.54) is 11.3 Å². The molecular weight excluding hydrogens is 342 g/mol. The summed E-state index contributed by atoms with van der Waals surface area (Å²) < 4.78 is 4.98. The molecular formula is C16H21N5O3S. The van der Waals surface area contributed by atoms with Crippen molar-refractivity contribution in [1.82, 2.24) is 20.1 Å². The van der Waals surface area contributed by atoms with E-state index in [1.807, 2.05) is 23.1 Å². The van der Waals surface area contributed by atoms with Gasteiger partial charge in [0, 0.05) is 38.0 Å². The second-order valence-electron chi connectivity index (χ2n) is 6.03. The van der Waals surface area contributed by atoms with Crippen LogP contribution in [0.5, 0.6) is 0 Å². The van der Waals surface area contributed by atoms with Crippen LogP contribution in [0.15, 0.2) is 24.4 Å². The van der Waals surface area contributed by atoms with Gasteiger partial charge in [-0.2, -0.15) is 0 Å². The number of hydrogen-bond donors (Lipinski definition) is 2. The third kappa shape index (κ3) is 5.02. The highest BCUT2D eigenvalue weighted by Crippen LogP contribution is 2.21. The quantitative estimate of drug-likeness (QED) is 0.741. The number of carbonyl (C=O) groups is 1. The lowest BCUT2D eigenvalue weighted by Crippen LogP contribution is -2.32. The molecule has 0 spiro atoms. The number of likely N-dealkylation sites (tertiary alicyclic amines) is 1. The fourth-order valence-corrected chi connectivity index (χ4v) is 3.63. The topological polar surface area (TPSA) is 100 Å². The average Bonchev–Trinajstić information content (AvgIpc) is 3.15. The van der Waals surface area contributed by atoms with Crippen LogP contribution in [-0.4, -0.2) is 63.9 Å². The normalized spacial score (nSPS) is 20.7.